The quantitative estimate of drug-likeness (QED) is 0.340. The number of aryl methyl sites for hydroxylation is 1. The fourth-order valence-electron chi connectivity index (χ4n) is 3.94. The zero-order chi connectivity index (χ0) is 25.5. The molecule has 8 nitrogen and oxygen atoms in total. The van der Waals surface area contributed by atoms with Crippen molar-refractivity contribution in [3.63, 3.8) is 0 Å². The van der Waals surface area contributed by atoms with Gasteiger partial charge in [0.2, 0.25) is 0 Å². The van der Waals surface area contributed by atoms with Gasteiger partial charge in [0.25, 0.3) is 5.91 Å². The van der Waals surface area contributed by atoms with Gasteiger partial charge in [0.15, 0.2) is 0 Å². The van der Waals surface area contributed by atoms with Gasteiger partial charge in [-0.1, -0.05) is 18.2 Å². The molecule has 0 spiro atoms. The van der Waals surface area contributed by atoms with Crippen molar-refractivity contribution in [1.82, 2.24) is 19.7 Å². The number of ether oxygens (including phenoxy) is 2. The van der Waals surface area contributed by atoms with Gasteiger partial charge in [-0.25, -0.2) is 4.68 Å². The third kappa shape index (κ3) is 5.36. The van der Waals surface area contributed by atoms with Crippen molar-refractivity contribution >= 4 is 5.91 Å². The van der Waals surface area contributed by atoms with Crippen LogP contribution in [0.4, 0.5) is 0 Å². The van der Waals surface area contributed by atoms with Gasteiger partial charge in [-0.15, -0.1) is 0 Å². The molecular weight excluding hydrogens is 454 g/mol. The lowest BCUT2D eigenvalue weighted by Crippen LogP contribution is -2.33. The largest absolute Gasteiger partial charge is 0.497 e. The Morgan fingerprint density at radius 3 is 2.64 bits per heavy atom. The first-order valence-corrected chi connectivity index (χ1v) is 11.5. The molecule has 36 heavy (non-hydrogen) atoms. The van der Waals surface area contributed by atoms with Crippen LogP contribution in [0.3, 0.4) is 0 Å². The molecule has 0 saturated carbocycles. The molecule has 0 aliphatic heterocycles. The minimum absolute atomic E-state index is 0.212. The Morgan fingerprint density at radius 2 is 1.94 bits per heavy atom. The van der Waals surface area contributed by atoms with Crippen LogP contribution in [0.5, 0.6) is 11.5 Å². The number of pyridine rings is 1. The summed E-state index contributed by atoms with van der Waals surface area (Å²) in [5.74, 6) is 1.00. The second kappa shape index (κ2) is 11.2. The van der Waals surface area contributed by atoms with Crippen LogP contribution in [-0.4, -0.2) is 46.3 Å². The highest BCUT2D eigenvalue weighted by molar-refractivity contribution is 5.94. The number of carbonyl (C=O) groups excluding carboxylic acids is 1. The first-order valence-electron chi connectivity index (χ1n) is 11.5. The van der Waals surface area contributed by atoms with Gasteiger partial charge in [-0.2, -0.15) is 10.4 Å². The lowest BCUT2D eigenvalue weighted by atomic mass is 10.1. The average molecular weight is 482 g/mol. The maximum absolute atomic E-state index is 13.9. The minimum Gasteiger partial charge on any atom is -0.497 e. The maximum Gasteiger partial charge on any atom is 0.272 e. The summed E-state index contributed by atoms with van der Waals surface area (Å²) in [5, 5.41) is 14.0. The predicted octanol–water partition coefficient (Wildman–Crippen LogP) is 4.82. The van der Waals surface area contributed by atoms with Crippen LogP contribution >= 0.6 is 0 Å². The maximum atomic E-state index is 13.9. The second-order valence-corrected chi connectivity index (χ2v) is 8.23. The number of benzene rings is 2. The smallest absolute Gasteiger partial charge is 0.272 e. The topological polar surface area (TPSA) is 93.3 Å². The van der Waals surface area contributed by atoms with E-state index in [1.54, 1.807) is 48.3 Å². The van der Waals surface area contributed by atoms with Gasteiger partial charge >= 0.3 is 0 Å². The molecule has 0 unspecified atom stereocenters. The summed E-state index contributed by atoms with van der Waals surface area (Å²) in [6.07, 6.45) is 3.62. The normalized spacial score (nSPS) is 10.5. The molecule has 0 bridgehead atoms. The van der Waals surface area contributed by atoms with Crippen LogP contribution in [0.2, 0.25) is 0 Å². The molecular formula is C28H27N5O3. The van der Waals surface area contributed by atoms with E-state index in [1.165, 1.54) is 0 Å². The molecule has 8 heteroatoms. The first kappa shape index (κ1) is 24.5. The highest BCUT2D eigenvalue weighted by Gasteiger charge is 2.24. The van der Waals surface area contributed by atoms with Gasteiger partial charge in [-0.05, 0) is 54.4 Å². The van der Waals surface area contributed by atoms with E-state index >= 15 is 0 Å². The van der Waals surface area contributed by atoms with Crippen LogP contribution in [0.1, 0.15) is 28.0 Å². The van der Waals surface area contributed by atoms with Crippen LogP contribution in [-0.2, 0) is 6.54 Å². The average Bonchev–Trinajstić information content (AvgIpc) is 3.36. The monoisotopic (exact) mass is 481 g/mol. The van der Waals surface area contributed by atoms with Crippen LogP contribution in [0.15, 0.2) is 73.1 Å². The summed E-state index contributed by atoms with van der Waals surface area (Å²) in [7, 11) is 3.18. The van der Waals surface area contributed by atoms with Gasteiger partial charge in [0, 0.05) is 37.1 Å². The van der Waals surface area contributed by atoms with Crippen LogP contribution in [0, 0.1) is 18.3 Å². The molecule has 4 rings (SSSR count). The van der Waals surface area contributed by atoms with E-state index in [9.17, 15) is 10.1 Å². The molecule has 0 radical (unpaired) electrons. The highest BCUT2D eigenvalue weighted by atomic mass is 16.5. The molecule has 182 valence electrons. The third-order valence-electron chi connectivity index (χ3n) is 5.74. The van der Waals surface area contributed by atoms with Gasteiger partial charge in [0.05, 0.1) is 38.1 Å². The Bertz CT molecular complexity index is 1390. The van der Waals surface area contributed by atoms with Gasteiger partial charge < -0.3 is 14.4 Å². The van der Waals surface area contributed by atoms with Crippen molar-refractivity contribution in [1.29, 1.82) is 5.26 Å². The highest BCUT2D eigenvalue weighted by Crippen LogP contribution is 2.34. The molecule has 0 N–H and O–H groups in total. The van der Waals surface area contributed by atoms with Crippen molar-refractivity contribution in [3.8, 4) is 34.5 Å². The number of nitrogens with zero attached hydrogens (tertiary/aromatic N) is 5. The molecule has 2 heterocycles. The number of amides is 1. The van der Waals surface area contributed by atoms with Crippen molar-refractivity contribution in [2.45, 2.75) is 19.9 Å². The summed E-state index contributed by atoms with van der Waals surface area (Å²) in [6, 6.07) is 20.9. The molecule has 2 aromatic heterocycles. The summed E-state index contributed by atoms with van der Waals surface area (Å²) >= 11 is 0. The van der Waals surface area contributed by atoms with E-state index in [-0.39, 0.29) is 18.9 Å². The van der Waals surface area contributed by atoms with E-state index in [0.29, 0.717) is 29.4 Å². The van der Waals surface area contributed by atoms with Crippen molar-refractivity contribution in [3.05, 3.63) is 89.9 Å². The lowest BCUT2D eigenvalue weighted by molar-refractivity contribution is 0.0737. The third-order valence-corrected chi connectivity index (χ3v) is 5.74. The summed E-state index contributed by atoms with van der Waals surface area (Å²) < 4.78 is 12.6. The molecule has 4 aromatic rings. The molecule has 2 aromatic carbocycles. The molecule has 0 atom stereocenters. The molecule has 0 fully saturated rings. The molecule has 0 aliphatic rings. The summed E-state index contributed by atoms with van der Waals surface area (Å²) in [5.41, 5.74) is 4.38. The Morgan fingerprint density at radius 1 is 1.08 bits per heavy atom. The summed E-state index contributed by atoms with van der Waals surface area (Å²) in [6.45, 7) is 2.60. The standard InChI is InChI=1S/C28H27N5O3/c1-20-7-4-9-22(15-20)33-26(17-25(31-33)24-11-10-23(35-2)16-27(24)36-3)28(34)32(14-6-12-29)19-21-8-5-13-30-18-21/h4-5,7-11,13,15-18H,6,14,19H2,1-3H3. The van der Waals surface area contributed by atoms with Crippen molar-refractivity contribution in [2.75, 3.05) is 20.8 Å². The first-order chi connectivity index (χ1) is 17.5. The van der Waals surface area contributed by atoms with E-state index in [4.69, 9.17) is 14.6 Å². The zero-order valence-electron chi connectivity index (χ0n) is 20.5. The fraction of sp³-hybridized carbons (Fsp3) is 0.214. The number of hydrogen-bond donors (Lipinski definition) is 0. The SMILES string of the molecule is COc1ccc(-c2cc(C(=O)N(CCC#N)Cc3cccnc3)n(-c3cccc(C)c3)n2)c(OC)c1. The van der Waals surface area contributed by atoms with Crippen molar-refractivity contribution in [2.24, 2.45) is 0 Å². The summed E-state index contributed by atoms with van der Waals surface area (Å²) in [4.78, 5) is 19.7. The Kier molecular flexibility index (Phi) is 7.61. The molecule has 1 amide bonds. The number of hydrogen-bond acceptors (Lipinski definition) is 6. The molecule has 0 saturated heterocycles. The van der Waals surface area contributed by atoms with Gasteiger partial charge in [0.1, 0.15) is 17.2 Å². The number of methoxy groups -OCH3 is 2. The zero-order valence-corrected chi connectivity index (χ0v) is 20.5. The Labute approximate surface area is 210 Å². The van der Waals surface area contributed by atoms with Gasteiger partial charge in [-0.3, -0.25) is 9.78 Å². The number of carbonyl (C=O) groups is 1. The number of rotatable bonds is 9. The fourth-order valence-corrected chi connectivity index (χ4v) is 3.94. The lowest BCUT2D eigenvalue weighted by Gasteiger charge is -2.22. The van der Waals surface area contributed by atoms with E-state index in [0.717, 1.165) is 22.4 Å². The van der Waals surface area contributed by atoms with Crippen LogP contribution in [0.25, 0.3) is 16.9 Å². The van der Waals surface area contributed by atoms with E-state index < -0.39 is 0 Å². The van der Waals surface area contributed by atoms with Crippen LogP contribution < -0.4 is 9.47 Å². The van der Waals surface area contributed by atoms with E-state index in [1.807, 2.05) is 55.5 Å². The molecule has 0 aliphatic carbocycles. The predicted molar refractivity (Wildman–Crippen MR) is 136 cm³/mol. The second-order valence-electron chi connectivity index (χ2n) is 8.23. The minimum atomic E-state index is -0.234. The van der Waals surface area contributed by atoms with Crippen molar-refractivity contribution < 1.29 is 14.3 Å². The Balaban J connectivity index is 1.82. The Hall–Kier alpha value is -4.64. The van der Waals surface area contributed by atoms with E-state index in [2.05, 4.69) is 11.1 Å². The number of nitriles is 1. The number of aromatic nitrogens is 3.